The van der Waals surface area contributed by atoms with E-state index in [-0.39, 0.29) is 0 Å². The summed E-state index contributed by atoms with van der Waals surface area (Å²) in [6.07, 6.45) is 3.29. The summed E-state index contributed by atoms with van der Waals surface area (Å²) in [7, 11) is 0. The molecule has 0 saturated heterocycles. The van der Waals surface area contributed by atoms with Gasteiger partial charge in [-0.3, -0.25) is 9.78 Å². The van der Waals surface area contributed by atoms with E-state index in [4.69, 9.17) is 4.74 Å². The first kappa shape index (κ1) is 21.2. The summed E-state index contributed by atoms with van der Waals surface area (Å²) in [5.41, 5.74) is 4.32. The molecule has 160 valence electrons. The maximum Gasteiger partial charge on any atom is 0.339 e. The van der Waals surface area contributed by atoms with Crippen molar-refractivity contribution >= 4 is 28.5 Å². The normalized spacial score (nSPS) is 11.7. The number of nitrogens with one attached hydrogen (secondary N) is 1. The maximum atomic E-state index is 13.1. The lowest BCUT2D eigenvalue weighted by atomic mass is 10.0. The number of nitrogens with zero attached hydrogens (tertiary/aromatic N) is 2. The highest BCUT2D eigenvalue weighted by Crippen LogP contribution is 2.25. The van der Waals surface area contributed by atoms with Crippen LogP contribution in [0.3, 0.4) is 0 Å². The second-order valence-corrected chi connectivity index (χ2v) is 7.40. The Morgan fingerprint density at radius 3 is 2.44 bits per heavy atom. The quantitative estimate of drug-likeness (QED) is 0.438. The standard InChI is InChI=1S/C26H23N3O3/c1-3-18-8-10-20(11-9-18)28-25(30)17(2)32-26(31)22-16-24(19-12-14-27-15-13-19)29-23-7-5-4-6-21(22)23/h4-17H,3H2,1-2H3,(H,28,30). The Labute approximate surface area is 186 Å². The summed E-state index contributed by atoms with van der Waals surface area (Å²) in [6, 6.07) is 20.3. The minimum atomic E-state index is -0.968. The van der Waals surface area contributed by atoms with E-state index in [2.05, 4.69) is 22.2 Å². The number of carbonyl (C=O) groups excluding carboxylic acids is 2. The molecule has 2 aromatic heterocycles. The zero-order valence-electron chi connectivity index (χ0n) is 17.9. The number of esters is 1. The molecule has 2 heterocycles. The minimum absolute atomic E-state index is 0.356. The van der Waals surface area contributed by atoms with Crippen molar-refractivity contribution in [2.75, 3.05) is 5.32 Å². The van der Waals surface area contributed by atoms with Crippen molar-refractivity contribution < 1.29 is 14.3 Å². The molecule has 1 atom stereocenters. The summed E-state index contributed by atoms with van der Waals surface area (Å²) < 4.78 is 5.52. The third kappa shape index (κ3) is 4.64. The van der Waals surface area contributed by atoms with E-state index in [9.17, 15) is 9.59 Å². The molecule has 6 nitrogen and oxygen atoms in total. The van der Waals surface area contributed by atoms with Gasteiger partial charge in [-0.2, -0.15) is 0 Å². The van der Waals surface area contributed by atoms with Crippen LogP contribution in [0.1, 0.15) is 29.8 Å². The molecule has 0 aliphatic rings. The molecule has 1 N–H and O–H groups in total. The van der Waals surface area contributed by atoms with Crippen molar-refractivity contribution in [2.24, 2.45) is 0 Å². The molecule has 32 heavy (non-hydrogen) atoms. The highest BCUT2D eigenvalue weighted by atomic mass is 16.5. The number of amides is 1. The Balaban J connectivity index is 1.56. The van der Waals surface area contributed by atoms with Crippen LogP contribution in [0.15, 0.2) is 79.1 Å². The number of aryl methyl sites for hydroxylation is 1. The lowest BCUT2D eigenvalue weighted by molar-refractivity contribution is -0.123. The molecule has 0 radical (unpaired) electrons. The molecular formula is C26H23N3O3. The number of para-hydroxylation sites is 1. The molecule has 1 amide bonds. The highest BCUT2D eigenvalue weighted by Gasteiger charge is 2.22. The number of hydrogen-bond donors (Lipinski definition) is 1. The topological polar surface area (TPSA) is 81.2 Å². The first-order chi connectivity index (χ1) is 15.5. The Hall–Kier alpha value is -4.06. The Kier molecular flexibility index (Phi) is 6.22. The number of pyridine rings is 2. The molecule has 0 saturated carbocycles. The van der Waals surface area contributed by atoms with Crippen LogP contribution in [0.5, 0.6) is 0 Å². The van der Waals surface area contributed by atoms with E-state index in [1.807, 2.05) is 60.7 Å². The molecule has 4 aromatic rings. The fourth-order valence-corrected chi connectivity index (χ4v) is 3.36. The van der Waals surface area contributed by atoms with E-state index in [0.717, 1.165) is 12.0 Å². The summed E-state index contributed by atoms with van der Waals surface area (Å²) >= 11 is 0. The largest absolute Gasteiger partial charge is 0.449 e. The molecule has 2 aromatic carbocycles. The number of benzene rings is 2. The highest BCUT2D eigenvalue weighted by molar-refractivity contribution is 6.06. The number of carbonyl (C=O) groups is 2. The van der Waals surface area contributed by atoms with Gasteiger partial charge in [-0.05, 0) is 55.3 Å². The molecular weight excluding hydrogens is 402 g/mol. The number of aromatic nitrogens is 2. The van der Waals surface area contributed by atoms with Crippen LogP contribution in [0.25, 0.3) is 22.2 Å². The number of hydrogen-bond acceptors (Lipinski definition) is 5. The molecule has 0 aliphatic heterocycles. The lowest BCUT2D eigenvalue weighted by Crippen LogP contribution is -2.30. The smallest absolute Gasteiger partial charge is 0.339 e. The molecule has 6 heteroatoms. The van der Waals surface area contributed by atoms with Gasteiger partial charge in [0.15, 0.2) is 6.10 Å². The van der Waals surface area contributed by atoms with Crippen molar-refractivity contribution in [2.45, 2.75) is 26.4 Å². The van der Waals surface area contributed by atoms with Gasteiger partial charge >= 0.3 is 5.97 Å². The molecule has 0 spiro atoms. The van der Waals surface area contributed by atoms with Crippen molar-refractivity contribution in [3.05, 3.63) is 90.3 Å². The fourth-order valence-electron chi connectivity index (χ4n) is 3.36. The van der Waals surface area contributed by atoms with Gasteiger partial charge in [-0.1, -0.05) is 37.3 Å². The predicted octanol–water partition coefficient (Wildman–Crippen LogP) is 5.04. The minimum Gasteiger partial charge on any atom is -0.449 e. The molecule has 0 aliphatic carbocycles. The van der Waals surface area contributed by atoms with Gasteiger partial charge in [0.05, 0.1) is 16.8 Å². The van der Waals surface area contributed by atoms with Gasteiger partial charge in [0, 0.05) is 29.0 Å². The second-order valence-electron chi connectivity index (χ2n) is 7.40. The zero-order valence-corrected chi connectivity index (χ0v) is 17.9. The number of fused-ring (bicyclic) bond motifs is 1. The van der Waals surface area contributed by atoms with E-state index in [1.54, 1.807) is 25.4 Å². The maximum absolute atomic E-state index is 13.1. The Morgan fingerprint density at radius 2 is 1.72 bits per heavy atom. The monoisotopic (exact) mass is 425 g/mol. The summed E-state index contributed by atoms with van der Waals surface area (Å²) in [6.45, 7) is 3.62. The predicted molar refractivity (Wildman–Crippen MR) is 124 cm³/mol. The van der Waals surface area contributed by atoms with Gasteiger partial charge in [-0.25, -0.2) is 9.78 Å². The van der Waals surface area contributed by atoms with E-state index < -0.39 is 18.0 Å². The SMILES string of the molecule is CCc1ccc(NC(=O)C(C)OC(=O)c2cc(-c3ccncc3)nc3ccccc23)cc1. The van der Waals surface area contributed by atoms with Crippen molar-refractivity contribution in [1.82, 2.24) is 9.97 Å². The number of anilines is 1. The van der Waals surface area contributed by atoms with Crippen LogP contribution >= 0.6 is 0 Å². The van der Waals surface area contributed by atoms with Crippen LogP contribution in [0.2, 0.25) is 0 Å². The van der Waals surface area contributed by atoms with E-state index >= 15 is 0 Å². The lowest BCUT2D eigenvalue weighted by Gasteiger charge is -2.15. The summed E-state index contributed by atoms with van der Waals surface area (Å²) in [5.74, 6) is -0.974. The van der Waals surface area contributed by atoms with Gasteiger partial charge in [0.1, 0.15) is 0 Å². The third-order valence-corrected chi connectivity index (χ3v) is 5.19. The second kappa shape index (κ2) is 9.39. The zero-order chi connectivity index (χ0) is 22.5. The van der Waals surface area contributed by atoms with Crippen LogP contribution in [-0.4, -0.2) is 27.9 Å². The molecule has 0 bridgehead atoms. The number of rotatable bonds is 6. The van der Waals surface area contributed by atoms with Crippen molar-refractivity contribution in [1.29, 1.82) is 0 Å². The first-order valence-corrected chi connectivity index (χ1v) is 10.5. The van der Waals surface area contributed by atoms with Gasteiger partial charge in [-0.15, -0.1) is 0 Å². The molecule has 1 unspecified atom stereocenters. The first-order valence-electron chi connectivity index (χ1n) is 10.5. The Bertz CT molecular complexity index is 1250. The molecule has 4 rings (SSSR count). The van der Waals surface area contributed by atoms with Crippen molar-refractivity contribution in [3.8, 4) is 11.3 Å². The number of ether oxygens (including phenoxy) is 1. The fraction of sp³-hybridized carbons (Fsp3) is 0.154. The van der Waals surface area contributed by atoms with Gasteiger partial charge in [0.25, 0.3) is 5.91 Å². The van der Waals surface area contributed by atoms with Crippen LogP contribution in [0.4, 0.5) is 5.69 Å². The van der Waals surface area contributed by atoms with Crippen LogP contribution in [-0.2, 0) is 16.0 Å². The Morgan fingerprint density at radius 1 is 1.00 bits per heavy atom. The van der Waals surface area contributed by atoms with Crippen LogP contribution < -0.4 is 5.32 Å². The third-order valence-electron chi connectivity index (χ3n) is 5.19. The average Bonchev–Trinajstić information content (AvgIpc) is 2.84. The van der Waals surface area contributed by atoms with E-state index in [0.29, 0.717) is 27.8 Å². The van der Waals surface area contributed by atoms with Crippen LogP contribution in [0, 0.1) is 0 Å². The summed E-state index contributed by atoms with van der Waals surface area (Å²) in [4.78, 5) is 34.3. The molecule has 0 fully saturated rings. The van der Waals surface area contributed by atoms with Gasteiger partial charge in [0.2, 0.25) is 0 Å². The van der Waals surface area contributed by atoms with Crippen molar-refractivity contribution in [3.63, 3.8) is 0 Å². The summed E-state index contributed by atoms with van der Waals surface area (Å²) in [5, 5.41) is 3.45. The average molecular weight is 425 g/mol. The van der Waals surface area contributed by atoms with E-state index in [1.165, 1.54) is 5.56 Å². The van der Waals surface area contributed by atoms with Gasteiger partial charge < -0.3 is 10.1 Å².